The smallest absolute Gasteiger partial charge is 0.227 e. The van der Waals surface area contributed by atoms with Crippen molar-refractivity contribution in [3.8, 4) is 0 Å². The second-order valence-corrected chi connectivity index (χ2v) is 5.25. The van der Waals surface area contributed by atoms with Crippen LogP contribution in [0, 0.1) is 0 Å². The Morgan fingerprint density at radius 2 is 2.13 bits per heavy atom. The van der Waals surface area contributed by atoms with E-state index in [1.54, 1.807) is 0 Å². The number of aromatic nitrogens is 2. The number of nitrogens with one attached hydrogen (secondary N) is 1. The number of hydrogen-bond donors (Lipinski definition) is 1. The van der Waals surface area contributed by atoms with Gasteiger partial charge in [-0.1, -0.05) is 5.16 Å². The number of hydrogen-bond acceptors (Lipinski definition) is 4. The lowest BCUT2D eigenvalue weighted by molar-refractivity contribution is 0.358. The second-order valence-electron chi connectivity index (χ2n) is 5.25. The van der Waals surface area contributed by atoms with Crippen molar-refractivity contribution < 1.29 is 4.52 Å². The average molecular weight is 209 g/mol. The molecule has 1 N–H and O–H groups in total. The summed E-state index contributed by atoms with van der Waals surface area (Å²) >= 11 is 0. The molecule has 0 amide bonds. The first kappa shape index (κ1) is 10.6. The van der Waals surface area contributed by atoms with Gasteiger partial charge in [0, 0.05) is 24.4 Å². The Hall–Kier alpha value is -0.900. The summed E-state index contributed by atoms with van der Waals surface area (Å²) in [6.07, 6.45) is 3.26. The van der Waals surface area contributed by atoms with Crippen LogP contribution in [0.2, 0.25) is 0 Å². The van der Waals surface area contributed by atoms with Crippen LogP contribution in [0.4, 0.5) is 0 Å². The molecule has 1 aliphatic carbocycles. The zero-order valence-electron chi connectivity index (χ0n) is 9.71. The number of nitrogens with zero attached hydrogens (tertiary/aromatic N) is 2. The first-order chi connectivity index (χ1) is 7.04. The zero-order valence-corrected chi connectivity index (χ0v) is 9.71. The number of rotatable bonds is 4. The SMILES string of the molecule is CC(C)(C)NCCc1nc(C2CC2)no1. The van der Waals surface area contributed by atoms with E-state index in [2.05, 4.69) is 36.2 Å². The van der Waals surface area contributed by atoms with Gasteiger partial charge in [0.2, 0.25) is 5.89 Å². The topological polar surface area (TPSA) is 51.0 Å². The summed E-state index contributed by atoms with van der Waals surface area (Å²) in [4.78, 5) is 4.37. The highest BCUT2D eigenvalue weighted by Gasteiger charge is 2.28. The van der Waals surface area contributed by atoms with E-state index in [0.717, 1.165) is 24.7 Å². The summed E-state index contributed by atoms with van der Waals surface area (Å²) in [5.41, 5.74) is 0.152. The van der Waals surface area contributed by atoms with Crippen LogP contribution in [0.5, 0.6) is 0 Å². The van der Waals surface area contributed by atoms with Gasteiger partial charge in [-0.3, -0.25) is 0 Å². The molecule has 0 aliphatic heterocycles. The lowest BCUT2D eigenvalue weighted by atomic mass is 10.1. The third-order valence-electron chi connectivity index (χ3n) is 2.42. The summed E-state index contributed by atoms with van der Waals surface area (Å²) in [5, 5.41) is 7.38. The van der Waals surface area contributed by atoms with Gasteiger partial charge in [-0.2, -0.15) is 4.98 Å². The molecule has 4 heteroatoms. The predicted molar refractivity (Wildman–Crippen MR) is 57.7 cm³/mol. The van der Waals surface area contributed by atoms with Crippen molar-refractivity contribution in [1.29, 1.82) is 0 Å². The summed E-state index contributed by atoms with van der Waals surface area (Å²) in [7, 11) is 0. The summed E-state index contributed by atoms with van der Waals surface area (Å²) in [6, 6.07) is 0. The van der Waals surface area contributed by atoms with E-state index in [1.807, 2.05) is 0 Å². The fourth-order valence-electron chi connectivity index (χ4n) is 1.42. The van der Waals surface area contributed by atoms with E-state index < -0.39 is 0 Å². The van der Waals surface area contributed by atoms with Gasteiger partial charge in [-0.15, -0.1) is 0 Å². The summed E-state index contributed by atoms with van der Waals surface area (Å²) < 4.78 is 5.18. The van der Waals surface area contributed by atoms with E-state index in [1.165, 1.54) is 12.8 Å². The highest BCUT2D eigenvalue weighted by molar-refractivity contribution is 5.03. The fourth-order valence-corrected chi connectivity index (χ4v) is 1.42. The van der Waals surface area contributed by atoms with Gasteiger partial charge in [0.15, 0.2) is 5.82 Å². The van der Waals surface area contributed by atoms with Crippen LogP contribution in [0.1, 0.15) is 51.2 Å². The van der Waals surface area contributed by atoms with Crippen LogP contribution in [0.15, 0.2) is 4.52 Å². The minimum absolute atomic E-state index is 0.152. The molecule has 1 aromatic rings. The van der Waals surface area contributed by atoms with Crippen LogP contribution in [0.25, 0.3) is 0 Å². The molecule has 1 heterocycles. The molecule has 0 radical (unpaired) electrons. The van der Waals surface area contributed by atoms with Crippen LogP contribution < -0.4 is 5.32 Å². The molecule has 0 atom stereocenters. The lowest BCUT2D eigenvalue weighted by Crippen LogP contribution is -2.37. The van der Waals surface area contributed by atoms with E-state index in [9.17, 15) is 0 Å². The van der Waals surface area contributed by atoms with Crippen LogP contribution in [-0.4, -0.2) is 22.2 Å². The van der Waals surface area contributed by atoms with Crippen molar-refractivity contribution >= 4 is 0 Å². The Labute approximate surface area is 90.4 Å². The van der Waals surface area contributed by atoms with Gasteiger partial charge in [0.05, 0.1) is 0 Å². The Kier molecular flexibility index (Phi) is 2.78. The molecule has 1 aliphatic rings. The molecular weight excluding hydrogens is 190 g/mol. The molecule has 0 unspecified atom stereocenters. The highest BCUT2D eigenvalue weighted by Crippen LogP contribution is 2.38. The highest BCUT2D eigenvalue weighted by atomic mass is 16.5. The Morgan fingerprint density at radius 1 is 1.40 bits per heavy atom. The van der Waals surface area contributed by atoms with Crippen molar-refractivity contribution in [3.63, 3.8) is 0 Å². The lowest BCUT2D eigenvalue weighted by Gasteiger charge is -2.19. The third kappa shape index (κ3) is 3.30. The van der Waals surface area contributed by atoms with Gasteiger partial charge in [0.25, 0.3) is 0 Å². The Morgan fingerprint density at radius 3 is 2.73 bits per heavy atom. The first-order valence-electron chi connectivity index (χ1n) is 5.62. The van der Waals surface area contributed by atoms with Gasteiger partial charge >= 0.3 is 0 Å². The third-order valence-corrected chi connectivity index (χ3v) is 2.42. The summed E-state index contributed by atoms with van der Waals surface area (Å²) in [5.74, 6) is 2.24. The molecule has 0 saturated heterocycles. The largest absolute Gasteiger partial charge is 0.339 e. The molecule has 0 aromatic carbocycles. The molecule has 4 nitrogen and oxygen atoms in total. The molecule has 2 rings (SSSR count). The second kappa shape index (κ2) is 3.93. The van der Waals surface area contributed by atoms with Crippen molar-refractivity contribution in [2.75, 3.05) is 6.54 Å². The Bertz CT molecular complexity index is 323. The zero-order chi connectivity index (χ0) is 10.9. The van der Waals surface area contributed by atoms with Gasteiger partial charge in [-0.05, 0) is 33.6 Å². The van der Waals surface area contributed by atoms with Crippen molar-refractivity contribution in [2.45, 2.75) is 51.5 Å². The quantitative estimate of drug-likeness (QED) is 0.822. The van der Waals surface area contributed by atoms with Gasteiger partial charge < -0.3 is 9.84 Å². The molecule has 1 fully saturated rings. The Balaban J connectivity index is 1.78. The minimum Gasteiger partial charge on any atom is -0.339 e. The molecule has 1 saturated carbocycles. The van der Waals surface area contributed by atoms with Crippen LogP contribution >= 0.6 is 0 Å². The van der Waals surface area contributed by atoms with Gasteiger partial charge in [-0.25, -0.2) is 0 Å². The van der Waals surface area contributed by atoms with E-state index >= 15 is 0 Å². The normalized spacial score (nSPS) is 17.0. The maximum atomic E-state index is 5.18. The van der Waals surface area contributed by atoms with Crippen molar-refractivity contribution in [3.05, 3.63) is 11.7 Å². The molecule has 84 valence electrons. The predicted octanol–water partition coefficient (Wildman–Crippen LogP) is 1.88. The monoisotopic (exact) mass is 209 g/mol. The molecule has 0 spiro atoms. The van der Waals surface area contributed by atoms with E-state index in [4.69, 9.17) is 4.52 Å². The maximum absolute atomic E-state index is 5.18. The molecular formula is C11H19N3O. The van der Waals surface area contributed by atoms with E-state index in [-0.39, 0.29) is 5.54 Å². The minimum atomic E-state index is 0.152. The fraction of sp³-hybridized carbons (Fsp3) is 0.818. The van der Waals surface area contributed by atoms with Crippen molar-refractivity contribution in [1.82, 2.24) is 15.5 Å². The standard InChI is InChI=1S/C11H19N3O/c1-11(2,3)12-7-6-9-13-10(14-15-9)8-4-5-8/h8,12H,4-7H2,1-3H3. The molecule has 0 bridgehead atoms. The average Bonchev–Trinajstić information content (AvgIpc) is 2.86. The maximum Gasteiger partial charge on any atom is 0.227 e. The van der Waals surface area contributed by atoms with Crippen LogP contribution in [-0.2, 0) is 6.42 Å². The van der Waals surface area contributed by atoms with Gasteiger partial charge in [0.1, 0.15) is 0 Å². The summed E-state index contributed by atoms with van der Waals surface area (Å²) in [6.45, 7) is 7.33. The van der Waals surface area contributed by atoms with Crippen LogP contribution in [0.3, 0.4) is 0 Å². The molecule has 1 aromatic heterocycles. The first-order valence-corrected chi connectivity index (χ1v) is 5.62. The molecule has 15 heavy (non-hydrogen) atoms. The van der Waals surface area contributed by atoms with Crippen molar-refractivity contribution in [2.24, 2.45) is 0 Å². The van der Waals surface area contributed by atoms with E-state index in [0.29, 0.717) is 5.92 Å².